The van der Waals surface area contributed by atoms with Crippen LogP contribution in [-0.2, 0) is 14.3 Å². The van der Waals surface area contributed by atoms with Gasteiger partial charge in [-0.05, 0) is 24.3 Å². The van der Waals surface area contributed by atoms with Gasteiger partial charge in [-0.1, -0.05) is 65.4 Å². The molecule has 0 aromatic heterocycles. The van der Waals surface area contributed by atoms with Gasteiger partial charge in [-0.25, -0.2) is 0 Å². The van der Waals surface area contributed by atoms with Crippen LogP contribution in [0.4, 0.5) is 11.4 Å². The summed E-state index contributed by atoms with van der Waals surface area (Å²) in [6.07, 6.45) is 0. The molecule has 2 saturated heterocycles. The van der Waals surface area contributed by atoms with Crippen LogP contribution >= 0.6 is 47.2 Å². The number of thiocarbonyl (C=S) groups is 1. The number of amides is 2. The zero-order valence-corrected chi connectivity index (χ0v) is 19.9. The van der Waals surface area contributed by atoms with Crippen molar-refractivity contribution in [3.63, 3.8) is 0 Å². The van der Waals surface area contributed by atoms with Crippen LogP contribution in [0.1, 0.15) is 5.56 Å². The molecule has 2 aromatic carbocycles. The highest BCUT2D eigenvalue weighted by molar-refractivity contribution is 8.27. The van der Waals surface area contributed by atoms with Gasteiger partial charge in [-0.15, -0.1) is 0 Å². The van der Waals surface area contributed by atoms with E-state index in [1.807, 2.05) is 24.3 Å². The van der Waals surface area contributed by atoms with E-state index in [9.17, 15) is 9.59 Å². The zero-order valence-electron chi connectivity index (χ0n) is 16.7. The van der Waals surface area contributed by atoms with Crippen molar-refractivity contribution in [3.05, 3.63) is 63.0 Å². The Morgan fingerprint density at radius 1 is 1.00 bits per heavy atom. The third-order valence-electron chi connectivity index (χ3n) is 5.53. The first-order valence-corrected chi connectivity index (χ1v) is 11.9. The summed E-state index contributed by atoms with van der Waals surface area (Å²) in [7, 11) is 0. The smallest absolute Gasteiger partial charge is 0.271 e. The van der Waals surface area contributed by atoms with Crippen molar-refractivity contribution in [2.75, 3.05) is 42.8 Å². The van der Waals surface area contributed by atoms with E-state index in [0.29, 0.717) is 50.4 Å². The number of morpholine rings is 1. The molecular formula is C22H17Cl2N3O3S2. The largest absolute Gasteiger partial charge is 0.379 e. The minimum atomic E-state index is -0.343. The summed E-state index contributed by atoms with van der Waals surface area (Å²) in [5.41, 5.74) is 2.43. The number of anilines is 2. The number of carbonyl (C=O) groups is 2. The molecule has 0 atom stereocenters. The zero-order chi connectivity index (χ0) is 22.4. The van der Waals surface area contributed by atoms with Gasteiger partial charge in [0.1, 0.15) is 0 Å². The maximum atomic E-state index is 13.6. The van der Waals surface area contributed by atoms with Gasteiger partial charge in [0.2, 0.25) is 0 Å². The van der Waals surface area contributed by atoms with E-state index in [4.69, 9.17) is 40.2 Å². The number of rotatable bonds is 3. The van der Waals surface area contributed by atoms with Crippen LogP contribution in [0.25, 0.3) is 5.57 Å². The Labute approximate surface area is 204 Å². The molecule has 0 spiro atoms. The molecule has 2 aromatic rings. The second-order valence-corrected chi connectivity index (χ2v) is 9.89. The monoisotopic (exact) mass is 505 g/mol. The molecule has 6 nitrogen and oxygen atoms in total. The highest BCUT2D eigenvalue weighted by Crippen LogP contribution is 2.46. The Balaban J connectivity index is 1.53. The Morgan fingerprint density at radius 2 is 1.75 bits per heavy atom. The molecule has 2 fully saturated rings. The SMILES string of the molecule is O=C1/C(=C2\SC(=S)N(c3ccc(Cl)c(Cl)c3)C2=O)c2ccccc2N1CN1CCOCC1. The summed E-state index contributed by atoms with van der Waals surface area (Å²) in [4.78, 5) is 32.6. The molecule has 10 heteroatoms. The first-order chi connectivity index (χ1) is 15.5. The minimum absolute atomic E-state index is 0.202. The molecule has 0 N–H and O–H groups in total. The predicted octanol–water partition coefficient (Wildman–Crippen LogP) is 4.41. The molecule has 0 radical (unpaired) electrons. The average molecular weight is 506 g/mol. The van der Waals surface area contributed by atoms with Crippen molar-refractivity contribution in [3.8, 4) is 0 Å². The van der Waals surface area contributed by atoms with E-state index < -0.39 is 0 Å². The lowest BCUT2D eigenvalue weighted by Gasteiger charge is -2.30. The Hall–Kier alpha value is -1.94. The fourth-order valence-electron chi connectivity index (χ4n) is 3.95. The standard InChI is InChI=1S/C22H17Cl2N3O3S2/c23-15-6-5-13(11-16(15)24)27-21(29)19(32-22(27)31)18-14-3-1-2-4-17(14)26(20(18)28)12-25-7-9-30-10-8-25/h1-6,11H,7-10,12H2/b19-18-. The lowest BCUT2D eigenvalue weighted by Crippen LogP contribution is -2.45. The number of halogens is 2. The molecule has 5 rings (SSSR count). The fourth-order valence-corrected chi connectivity index (χ4v) is 5.61. The van der Waals surface area contributed by atoms with Crippen molar-refractivity contribution in [1.29, 1.82) is 0 Å². The number of hydrogen-bond donors (Lipinski definition) is 0. The van der Waals surface area contributed by atoms with Crippen molar-refractivity contribution in [2.45, 2.75) is 0 Å². The summed E-state index contributed by atoms with van der Waals surface area (Å²) >= 11 is 18.8. The van der Waals surface area contributed by atoms with Gasteiger partial charge in [0.15, 0.2) is 4.32 Å². The molecule has 164 valence electrons. The summed E-state index contributed by atoms with van der Waals surface area (Å²) in [5.74, 6) is -0.544. The number of benzene rings is 2. The van der Waals surface area contributed by atoms with E-state index >= 15 is 0 Å². The van der Waals surface area contributed by atoms with E-state index in [1.54, 1.807) is 23.1 Å². The lowest BCUT2D eigenvalue weighted by molar-refractivity contribution is -0.115. The van der Waals surface area contributed by atoms with Crippen molar-refractivity contribution < 1.29 is 14.3 Å². The van der Waals surface area contributed by atoms with E-state index in [0.717, 1.165) is 36.1 Å². The summed E-state index contributed by atoms with van der Waals surface area (Å²) in [5, 5.41) is 0.711. The molecule has 2 amide bonds. The predicted molar refractivity (Wildman–Crippen MR) is 132 cm³/mol. The number of para-hydroxylation sites is 1. The normalized spacial score (nSPS) is 21.6. The summed E-state index contributed by atoms with van der Waals surface area (Å²) < 4.78 is 5.76. The highest BCUT2D eigenvalue weighted by Gasteiger charge is 2.43. The van der Waals surface area contributed by atoms with Crippen LogP contribution in [0.5, 0.6) is 0 Å². The minimum Gasteiger partial charge on any atom is -0.379 e. The number of ether oxygens (including phenoxy) is 1. The van der Waals surface area contributed by atoms with E-state index in [1.165, 1.54) is 4.90 Å². The van der Waals surface area contributed by atoms with Gasteiger partial charge < -0.3 is 4.74 Å². The molecule has 32 heavy (non-hydrogen) atoms. The van der Waals surface area contributed by atoms with Crippen LogP contribution in [0.15, 0.2) is 47.4 Å². The van der Waals surface area contributed by atoms with Crippen molar-refractivity contribution >= 4 is 80.3 Å². The first-order valence-electron chi connectivity index (χ1n) is 9.92. The second kappa shape index (κ2) is 8.78. The highest BCUT2D eigenvalue weighted by atomic mass is 35.5. The molecule has 3 heterocycles. The maximum Gasteiger partial charge on any atom is 0.271 e. The van der Waals surface area contributed by atoms with E-state index in [-0.39, 0.29) is 11.8 Å². The number of nitrogens with zero attached hydrogens (tertiary/aromatic N) is 3. The van der Waals surface area contributed by atoms with Crippen LogP contribution in [0.2, 0.25) is 10.0 Å². The van der Waals surface area contributed by atoms with Gasteiger partial charge in [0.05, 0.1) is 51.8 Å². The van der Waals surface area contributed by atoms with Crippen LogP contribution in [0.3, 0.4) is 0 Å². The average Bonchev–Trinajstić information content (AvgIpc) is 3.23. The first kappa shape index (κ1) is 21.9. The van der Waals surface area contributed by atoms with Crippen LogP contribution in [0, 0.1) is 0 Å². The third-order valence-corrected chi connectivity index (χ3v) is 7.64. The Kier molecular flexibility index (Phi) is 6.00. The molecule has 0 unspecified atom stereocenters. The van der Waals surface area contributed by atoms with Crippen molar-refractivity contribution in [1.82, 2.24) is 4.90 Å². The van der Waals surface area contributed by atoms with Crippen molar-refractivity contribution in [2.24, 2.45) is 0 Å². The van der Waals surface area contributed by atoms with Gasteiger partial charge in [-0.3, -0.25) is 24.3 Å². The number of hydrogen-bond acceptors (Lipinski definition) is 6. The van der Waals surface area contributed by atoms with Gasteiger partial charge in [0, 0.05) is 18.7 Å². The summed E-state index contributed by atoms with van der Waals surface area (Å²) in [6.45, 7) is 3.22. The van der Waals surface area contributed by atoms with Crippen LogP contribution < -0.4 is 9.80 Å². The topological polar surface area (TPSA) is 53.1 Å². The van der Waals surface area contributed by atoms with Gasteiger partial charge in [0.25, 0.3) is 11.8 Å². The summed E-state index contributed by atoms with van der Waals surface area (Å²) in [6, 6.07) is 12.4. The number of thioether (sulfide) groups is 1. The molecule has 0 bridgehead atoms. The Morgan fingerprint density at radius 3 is 2.50 bits per heavy atom. The van der Waals surface area contributed by atoms with Gasteiger partial charge >= 0.3 is 0 Å². The third kappa shape index (κ3) is 3.75. The van der Waals surface area contributed by atoms with Gasteiger partial charge in [-0.2, -0.15) is 0 Å². The quantitative estimate of drug-likeness (QED) is 0.455. The fraction of sp³-hybridized carbons (Fsp3) is 0.227. The van der Waals surface area contributed by atoms with Crippen LogP contribution in [-0.4, -0.2) is 54.0 Å². The van der Waals surface area contributed by atoms with E-state index in [2.05, 4.69) is 4.90 Å². The molecule has 3 aliphatic heterocycles. The Bertz CT molecular complexity index is 1180. The molecule has 3 aliphatic rings. The number of fused-ring (bicyclic) bond motifs is 1. The molecule has 0 saturated carbocycles. The molecular weight excluding hydrogens is 489 g/mol. The number of carbonyl (C=O) groups excluding carboxylic acids is 2. The maximum absolute atomic E-state index is 13.6. The second-order valence-electron chi connectivity index (χ2n) is 7.43. The lowest BCUT2D eigenvalue weighted by atomic mass is 10.1. The molecule has 0 aliphatic carbocycles.